The summed E-state index contributed by atoms with van der Waals surface area (Å²) in [5.41, 5.74) is 0. The summed E-state index contributed by atoms with van der Waals surface area (Å²) >= 11 is 0. The summed E-state index contributed by atoms with van der Waals surface area (Å²) in [7, 11) is 0. The zero-order chi connectivity index (χ0) is 7.82. The first-order valence-corrected chi connectivity index (χ1v) is 2.85. The molecule has 0 aliphatic rings. The van der Waals surface area contributed by atoms with Crippen LogP contribution in [0.2, 0.25) is 0 Å². The maximum absolute atomic E-state index is 3.74. The van der Waals surface area contributed by atoms with Crippen molar-refractivity contribution in [3.05, 3.63) is 12.8 Å². The van der Waals surface area contributed by atoms with E-state index in [0.717, 1.165) is 0 Å². The van der Waals surface area contributed by atoms with Crippen LogP contribution in [0.3, 0.4) is 0 Å². The normalized spacial score (nSPS) is 13.2. The Morgan fingerprint density at radius 1 is 1.50 bits per heavy atom. The van der Waals surface area contributed by atoms with E-state index in [0.29, 0.717) is 5.84 Å². The van der Waals surface area contributed by atoms with E-state index in [2.05, 4.69) is 27.0 Å². The third kappa shape index (κ3) is 4.83. The Morgan fingerprint density at radius 2 is 2.20 bits per heavy atom. The van der Waals surface area contributed by atoms with E-state index in [1.807, 2.05) is 0 Å². The summed E-state index contributed by atoms with van der Waals surface area (Å²) in [6, 6.07) is 0. The van der Waals surface area contributed by atoms with Gasteiger partial charge in [0, 0.05) is 12.4 Å². The van der Waals surface area contributed by atoms with Crippen LogP contribution >= 0.6 is 0 Å². The molecule has 0 saturated carbocycles. The minimum Gasteiger partial charge on any atom is -0.240 e. The smallest absolute Gasteiger partial charge is 0.149 e. The Bertz CT molecular complexity index is 178. The van der Waals surface area contributed by atoms with Crippen LogP contribution < -0.4 is 0 Å². The van der Waals surface area contributed by atoms with Crippen molar-refractivity contribution in [2.24, 2.45) is 20.4 Å². The van der Waals surface area contributed by atoms with Crippen LogP contribution in [0, 0.1) is 0 Å². The van der Waals surface area contributed by atoms with Gasteiger partial charge in [-0.1, -0.05) is 6.58 Å². The van der Waals surface area contributed by atoms with Gasteiger partial charge in [0.2, 0.25) is 0 Å². The molecule has 0 fully saturated rings. The molecule has 0 atom stereocenters. The first-order valence-electron chi connectivity index (χ1n) is 2.85. The molecule has 0 saturated heterocycles. The van der Waals surface area contributed by atoms with Gasteiger partial charge in [0.05, 0.1) is 0 Å². The molecule has 0 aliphatic heterocycles. The molecule has 0 aromatic carbocycles. The molecule has 0 aromatic heterocycles. The molecular weight excluding hydrogens is 128 g/mol. The number of rotatable bonds is 2. The van der Waals surface area contributed by atoms with E-state index in [9.17, 15) is 0 Å². The van der Waals surface area contributed by atoms with Crippen molar-refractivity contribution in [1.29, 1.82) is 0 Å². The third-order valence-electron chi connectivity index (χ3n) is 0.635. The molecule has 0 rings (SSSR count). The zero-order valence-corrected chi connectivity index (χ0v) is 6.15. The quantitative estimate of drug-likeness (QED) is 0.242. The average molecular weight is 138 g/mol. The van der Waals surface area contributed by atoms with Crippen LogP contribution in [0.25, 0.3) is 0 Å². The summed E-state index contributed by atoms with van der Waals surface area (Å²) in [6.07, 6.45) is 2.95. The summed E-state index contributed by atoms with van der Waals surface area (Å²) in [5.74, 6) is 0.542. The second kappa shape index (κ2) is 5.81. The number of amidine groups is 1. The second-order valence-corrected chi connectivity index (χ2v) is 1.42. The maximum atomic E-state index is 3.74. The Morgan fingerprint density at radius 3 is 2.70 bits per heavy atom. The molecule has 0 N–H and O–H groups in total. The molecule has 0 unspecified atom stereocenters. The lowest BCUT2D eigenvalue weighted by Gasteiger charge is -1.80. The van der Waals surface area contributed by atoms with Gasteiger partial charge in [-0.2, -0.15) is 0 Å². The lowest BCUT2D eigenvalue weighted by atomic mass is 10.7. The van der Waals surface area contributed by atoms with Gasteiger partial charge in [0.15, 0.2) is 0 Å². The third-order valence-corrected chi connectivity index (χ3v) is 0.635. The predicted molar refractivity (Wildman–Crippen MR) is 42.3 cm³/mol. The molecule has 0 spiro atoms. The van der Waals surface area contributed by atoms with Crippen LogP contribution in [0.15, 0.2) is 33.2 Å². The lowest BCUT2D eigenvalue weighted by Crippen LogP contribution is -1.79. The van der Waals surface area contributed by atoms with Crippen LogP contribution in [-0.2, 0) is 0 Å². The fourth-order valence-corrected chi connectivity index (χ4v) is 0.300. The first-order chi connectivity index (χ1) is 4.81. The van der Waals surface area contributed by atoms with Gasteiger partial charge in [0.1, 0.15) is 5.84 Å². The number of hydrogen-bond donors (Lipinski definition) is 0. The van der Waals surface area contributed by atoms with E-state index >= 15 is 0 Å². The van der Waals surface area contributed by atoms with Gasteiger partial charge >= 0.3 is 0 Å². The van der Waals surface area contributed by atoms with Crippen molar-refractivity contribution in [2.45, 2.75) is 13.8 Å². The number of hydrogen-bond acceptors (Lipinski definition) is 2. The second-order valence-electron chi connectivity index (χ2n) is 1.42. The Labute approximate surface area is 60.1 Å². The maximum Gasteiger partial charge on any atom is 0.149 e. The van der Waals surface area contributed by atoms with Gasteiger partial charge in [-0.15, -0.1) is 10.2 Å². The molecule has 0 amide bonds. The Hall–Kier alpha value is -1.32. The van der Waals surface area contributed by atoms with Crippen molar-refractivity contribution in [2.75, 3.05) is 0 Å². The van der Waals surface area contributed by atoms with Gasteiger partial charge in [0.25, 0.3) is 0 Å². The number of aliphatic imine (C=N–C) groups is 1. The summed E-state index contributed by atoms with van der Waals surface area (Å²) in [4.78, 5) is 3.74. The van der Waals surface area contributed by atoms with E-state index in [-0.39, 0.29) is 0 Å². The minimum atomic E-state index is 0.542. The minimum absolute atomic E-state index is 0.542. The molecule has 4 heteroatoms. The van der Waals surface area contributed by atoms with Gasteiger partial charge in [-0.25, -0.2) is 4.99 Å². The van der Waals surface area contributed by atoms with Crippen molar-refractivity contribution >= 4 is 12.1 Å². The van der Waals surface area contributed by atoms with Crippen LogP contribution in [-0.4, -0.2) is 12.1 Å². The largest absolute Gasteiger partial charge is 0.240 e. The molecular formula is C6H10N4. The molecule has 0 radical (unpaired) electrons. The van der Waals surface area contributed by atoms with Gasteiger partial charge < -0.3 is 0 Å². The van der Waals surface area contributed by atoms with E-state index in [1.165, 1.54) is 6.20 Å². The van der Waals surface area contributed by atoms with Crippen LogP contribution in [0.5, 0.6) is 0 Å². The molecule has 0 aromatic rings. The summed E-state index contributed by atoms with van der Waals surface area (Å²) < 4.78 is 0. The van der Waals surface area contributed by atoms with Gasteiger partial charge in [-0.05, 0) is 19.1 Å². The molecule has 54 valence electrons. The zero-order valence-electron chi connectivity index (χ0n) is 6.15. The lowest BCUT2D eigenvalue weighted by molar-refractivity contribution is 1.08. The molecule has 0 bridgehead atoms. The van der Waals surface area contributed by atoms with E-state index < -0.39 is 0 Å². The standard InChI is InChI=1S/C6H10N4/c1-4-7-6(3)9-10-8-5-2/h4-5H,1H2,2-3H3/b7-6?,8-5+,10-9?. The summed E-state index contributed by atoms with van der Waals surface area (Å²) in [6.45, 7) is 6.88. The fraction of sp³-hybridized carbons (Fsp3) is 0.333. The highest BCUT2D eigenvalue weighted by Gasteiger charge is 1.78. The SMILES string of the molecule is C=CN=C(C)N=N/N=C/C. The van der Waals surface area contributed by atoms with Crippen molar-refractivity contribution < 1.29 is 0 Å². The topological polar surface area (TPSA) is 49.4 Å². The molecule has 0 heterocycles. The fourth-order valence-electron chi connectivity index (χ4n) is 0.300. The molecule has 4 nitrogen and oxygen atoms in total. The average Bonchev–Trinajstić information content (AvgIpc) is 1.89. The predicted octanol–water partition coefficient (Wildman–Crippen LogP) is 2.01. The van der Waals surface area contributed by atoms with E-state index in [4.69, 9.17) is 0 Å². The van der Waals surface area contributed by atoms with Crippen LogP contribution in [0.4, 0.5) is 0 Å². The van der Waals surface area contributed by atoms with Crippen molar-refractivity contribution in [3.8, 4) is 0 Å². The molecule has 10 heavy (non-hydrogen) atoms. The number of nitrogens with zero attached hydrogens (tertiary/aromatic N) is 4. The van der Waals surface area contributed by atoms with E-state index in [1.54, 1.807) is 20.1 Å². The Kier molecular flexibility index (Phi) is 5.04. The highest BCUT2D eigenvalue weighted by atomic mass is 15.4. The first kappa shape index (κ1) is 8.68. The van der Waals surface area contributed by atoms with Crippen molar-refractivity contribution in [1.82, 2.24) is 0 Å². The van der Waals surface area contributed by atoms with Gasteiger partial charge in [-0.3, -0.25) is 0 Å². The molecule has 0 aliphatic carbocycles. The highest BCUT2D eigenvalue weighted by Crippen LogP contribution is 1.82. The monoisotopic (exact) mass is 138 g/mol. The van der Waals surface area contributed by atoms with Crippen LogP contribution in [0.1, 0.15) is 13.8 Å². The van der Waals surface area contributed by atoms with Crippen molar-refractivity contribution in [3.63, 3.8) is 0 Å². The Balaban J connectivity index is 3.88. The summed E-state index contributed by atoms with van der Waals surface area (Å²) in [5, 5.41) is 10.5. The highest BCUT2D eigenvalue weighted by molar-refractivity contribution is 5.80.